The van der Waals surface area contributed by atoms with Crippen molar-refractivity contribution < 1.29 is 16.8 Å². The van der Waals surface area contributed by atoms with Crippen LogP contribution in [0.15, 0.2) is 44.9 Å². The van der Waals surface area contributed by atoms with E-state index in [-0.39, 0.29) is 10.6 Å². The van der Waals surface area contributed by atoms with Crippen LogP contribution in [0.1, 0.15) is 32.6 Å². The molecule has 0 heterocycles. The Morgan fingerprint density at radius 1 is 0.952 bits per heavy atom. The number of nitrogens with zero attached hydrogens (tertiary/aromatic N) is 2. The van der Waals surface area contributed by atoms with Gasteiger partial charge in [-0.15, -0.1) is 0 Å². The predicted octanol–water partition coefficient (Wildman–Crippen LogP) is 2.78. The van der Waals surface area contributed by atoms with E-state index in [1.807, 2.05) is 6.92 Å². The van der Waals surface area contributed by atoms with E-state index >= 15 is 0 Å². The lowest BCUT2D eigenvalue weighted by atomic mass is 10.2. The molecule has 0 amide bonds. The number of hydrogen-bond acceptors (Lipinski definition) is 5. The molecule has 0 aliphatic carbocycles. The van der Waals surface area contributed by atoms with Crippen molar-refractivity contribution >= 4 is 19.9 Å². The highest BCUT2D eigenvalue weighted by molar-refractivity contribution is 7.91. The summed E-state index contributed by atoms with van der Waals surface area (Å²) in [6, 6.07) is 7.57. The van der Waals surface area contributed by atoms with E-state index in [9.17, 15) is 16.8 Å². The zero-order chi connectivity index (χ0) is 15.8. The lowest BCUT2D eigenvalue weighted by Crippen LogP contribution is -2.09. The molecule has 0 unspecified atom stereocenters. The summed E-state index contributed by atoms with van der Waals surface area (Å²) in [6.07, 6.45) is 3.42. The lowest BCUT2D eigenvalue weighted by molar-refractivity contribution is 0.587. The average Bonchev–Trinajstić information content (AvgIpc) is 2.44. The van der Waals surface area contributed by atoms with Crippen LogP contribution in [0, 0.1) is 0 Å². The Kier molecular flexibility index (Phi) is 6.97. The van der Waals surface area contributed by atoms with Crippen LogP contribution in [0.25, 0.3) is 0 Å². The molecule has 1 aromatic rings. The molecule has 0 saturated carbocycles. The quantitative estimate of drug-likeness (QED) is 0.513. The van der Waals surface area contributed by atoms with E-state index in [0.717, 1.165) is 19.3 Å². The second kappa shape index (κ2) is 8.23. The molecule has 0 bridgehead atoms. The fourth-order valence-electron chi connectivity index (χ4n) is 1.64. The minimum absolute atomic E-state index is 0.00547. The van der Waals surface area contributed by atoms with E-state index in [1.165, 1.54) is 12.1 Å². The molecule has 8 heteroatoms. The molecule has 21 heavy (non-hydrogen) atoms. The fourth-order valence-corrected chi connectivity index (χ4v) is 3.53. The van der Waals surface area contributed by atoms with Gasteiger partial charge in [0.25, 0.3) is 10.0 Å². The summed E-state index contributed by atoms with van der Waals surface area (Å²) in [5, 5.41) is 3.34. The van der Waals surface area contributed by atoms with Crippen molar-refractivity contribution in [3.63, 3.8) is 0 Å². The van der Waals surface area contributed by atoms with Crippen molar-refractivity contribution in [1.82, 2.24) is 0 Å². The summed E-state index contributed by atoms with van der Waals surface area (Å²) in [6.45, 7) is 2.04. The highest BCUT2D eigenvalue weighted by Crippen LogP contribution is 2.12. The number of sulfonamides is 1. The summed E-state index contributed by atoms with van der Waals surface area (Å²) < 4.78 is 50.0. The molecule has 1 aromatic carbocycles. The van der Waals surface area contributed by atoms with E-state index in [1.54, 1.807) is 18.2 Å². The van der Waals surface area contributed by atoms with Gasteiger partial charge in [-0.05, 0) is 18.6 Å². The van der Waals surface area contributed by atoms with Crippen LogP contribution in [-0.2, 0) is 19.9 Å². The molecular formula is C13H20N2O4S2. The molecule has 0 aliphatic heterocycles. The molecule has 1 rings (SSSR count). The predicted molar refractivity (Wildman–Crippen MR) is 81.3 cm³/mol. The Bertz CT molecular complexity index is 653. The zero-order valence-corrected chi connectivity index (χ0v) is 13.6. The van der Waals surface area contributed by atoms with Gasteiger partial charge >= 0.3 is 0 Å². The highest BCUT2D eigenvalue weighted by atomic mass is 32.2. The first-order valence-corrected chi connectivity index (χ1v) is 10.0. The van der Waals surface area contributed by atoms with Crippen molar-refractivity contribution in [3.05, 3.63) is 30.3 Å². The standard InChI is InChI=1S/C13H20N2O4S2/c1-2-3-4-8-11-20(16,17)12-14-15-21(18,19)13-9-6-5-7-10-13/h5-7,9-10H,2-4,8,11-12H2,1H3. The van der Waals surface area contributed by atoms with Gasteiger partial charge in [-0.3, -0.25) is 0 Å². The van der Waals surface area contributed by atoms with Gasteiger partial charge in [-0.2, -0.15) is 13.5 Å². The molecular weight excluding hydrogens is 312 g/mol. The zero-order valence-electron chi connectivity index (χ0n) is 12.0. The molecule has 0 saturated heterocycles. The number of unbranched alkanes of at least 4 members (excludes halogenated alkanes) is 3. The SMILES string of the molecule is CCCCCCS(=O)(=O)CN=NS(=O)(=O)c1ccccc1. The molecule has 0 aliphatic rings. The molecule has 0 fully saturated rings. The van der Waals surface area contributed by atoms with Gasteiger partial charge in [-0.1, -0.05) is 48.9 Å². The molecule has 118 valence electrons. The first-order valence-electron chi connectivity index (χ1n) is 6.76. The van der Waals surface area contributed by atoms with Crippen molar-refractivity contribution in [2.45, 2.75) is 37.5 Å². The first-order chi connectivity index (χ1) is 9.87. The summed E-state index contributed by atoms with van der Waals surface area (Å²) in [5.41, 5.74) is 0. The molecule has 0 N–H and O–H groups in total. The largest absolute Gasteiger partial charge is 0.299 e. The van der Waals surface area contributed by atoms with Gasteiger partial charge in [0.15, 0.2) is 15.7 Å². The molecule has 0 radical (unpaired) electrons. The number of benzene rings is 1. The van der Waals surface area contributed by atoms with Crippen LogP contribution >= 0.6 is 0 Å². The monoisotopic (exact) mass is 332 g/mol. The smallest absolute Gasteiger partial charge is 0.227 e. The topological polar surface area (TPSA) is 93.0 Å². The fraction of sp³-hybridized carbons (Fsp3) is 0.538. The van der Waals surface area contributed by atoms with E-state index in [2.05, 4.69) is 9.63 Å². The van der Waals surface area contributed by atoms with Crippen LogP contribution in [0.3, 0.4) is 0 Å². The van der Waals surface area contributed by atoms with Gasteiger partial charge in [0.05, 0.1) is 10.6 Å². The summed E-state index contributed by atoms with van der Waals surface area (Å²) in [5.74, 6) is -0.581. The normalized spacial score (nSPS) is 12.8. The summed E-state index contributed by atoms with van der Waals surface area (Å²) in [4.78, 5) is -0.00547. The number of rotatable bonds is 9. The molecule has 0 aromatic heterocycles. The number of sulfone groups is 1. The van der Waals surface area contributed by atoms with Crippen molar-refractivity contribution in [3.8, 4) is 0 Å². The molecule has 6 nitrogen and oxygen atoms in total. The second-order valence-corrected chi connectivity index (χ2v) is 8.39. The second-order valence-electron chi connectivity index (χ2n) is 4.65. The summed E-state index contributed by atoms with van der Waals surface area (Å²) >= 11 is 0. The van der Waals surface area contributed by atoms with Crippen molar-refractivity contribution in [2.24, 2.45) is 9.63 Å². The van der Waals surface area contributed by atoms with Crippen LogP contribution in [0.2, 0.25) is 0 Å². The van der Waals surface area contributed by atoms with Gasteiger partial charge in [0, 0.05) is 0 Å². The van der Waals surface area contributed by atoms with E-state index in [0.29, 0.717) is 6.42 Å². The van der Waals surface area contributed by atoms with Crippen LogP contribution in [0.5, 0.6) is 0 Å². The number of hydrogen-bond donors (Lipinski definition) is 0. The van der Waals surface area contributed by atoms with E-state index in [4.69, 9.17) is 0 Å². The van der Waals surface area contributed by atoms with Crippen molar-refractivity contribution in [1.29, 1.82) is 0 Å². The molecule has 0 atom stereocenters. The Labute approximate surface area is 126 Å². The Morgan fingerprint density at radius 2 is 1.62 bits per heavy atom. The Balaban J connectivity index is 2.57. The maximum absolute atomic E-state index is 11.8. The minimum atomic E-state index is -3.92. The molecule has 0 spiro atoms. The third-order valence-electron chi connectivity index (χ3n) is 2.77. The third kappa shape index (κ3) is 6.81. The lowest BCUT2D eigenvalue weighted by Gasteiger charge is -2.00. The Hall–Kier alpha value is -1.28. The highest BCUT2D eigenvalue weighted by Gasteiger charge is 2.14. The maximum atomic E-state index is 11.8. The van der Waals surface area contributed by atoms with Gasteiger partial charge < -0.3 is 0 Å². The van der Waals surface area contributed by atoms with Crippen LogP contribution < -0.4 is 0 Å². The third-order valence-corrected chi connectivity index (χ3v) is 5.39. The van der Waals surface area contributed by atoms with Gasteiger partial charge in [-0.25, -0.2) is 8.42 Å². The minimum Gasteiger partial charge on any atom is -0.227 e. The average molecular weight is 332 g/mol. The van der Waals surface area contributed by atoms with Crippen LogP contribution in [-0.4, -0.2) is 28.5 Å². The maximum Gasteiger partial charge on any atom is 0.299 e. The summed E-state index contributed by atoms with van der Waals surface area (Å²) in [7, 11) is -7.31. The first kappa shape index (κ1) is 17.8. The van der Waals surface area contributed by atoms with Crippen LogP contribution in [0.4, 0.5) is 0 Å². The Morgan fingerprint density at radius 3 is 2.24 bits per heavy atom. The van der Waals surface area contributed by atoms with Gasteiger partial charge in [0.1, 0.15) is 0 Å². The van der Waals surface area contributed by atoms with Gasteiger partial charge in [0.2, 0.25) is 0 Å². The van der Waals surface area contributed by atoms with E-state index < -0.39 is 25.7 Å². The van der Waals surface area contributed by atoms with Crippen molar-refractivity contribution in [2.75, 3.05) is 11.6 Å².